The van der Waals surface area contributed by atoms with Crippen molar-refractivity contribution in [2.24, 2.45) is 0 Å². The fourth-order valence-electron chi connectivity index (χ4n) is 1.56. The fraction of sp³-hybridized carbons (Fsp3) is 0.900. The zero-order valence-corrected chi connectivity index (χ0v) is 8.58. The number of carbonyl (C=O) groups is 1. The Morgan fingerprint density at radius 3 is 3.00 bits per heavy atom. The minimum absolute atomic E-state index is 0.0156. The van der Waals surface area contributed by atoms with Gasteiger partial charge in [-0.1, -0.05) is 13.3 Å². The number of hydrogen-bond donors (Lipinski definition) is 0. The lowest BCUT2D eigenvalue weighted by molar-refractivity contribution is -0.152. The molecular formula is C10H19NO2. The van der Waals surface area contributed by atoms with Crippen molar-refractivity contribution < 1.29 is 9.53 Å². The second-order valence-corrected chi connectivity index (χ2v) is 3.51. The van der Waals surface area contributed by atoms with Crippen LogP contribution < -0.4 is 0 Å². The van der Waals surface area contributed by atoms with Gasteiger partial charge in [0, 0.05) is 13.0 Å². The average molecular weight is 185 g/mol. The van der Waals surface area contributed by atoms with E-state index in [1.54, 1.807) is 0 Å². The summed E-state index contributed by atoms with van der Waals surface area (Å²) in [6.07, 6.45) is 3.70. The van der Waals surface area contributed by atoms with Crippen molar-refractivity contribution in [3.8, 4) is 0 Å². The van der Waals surface area contributed by atoms with Crippen LogP contribution >= 0.6 is 0 Å². The third-order valence-corrected chi connectivity index (χ3v) is 2.41. The van der Waals surface area contributed by atoms with Gasteiger partial charge in [-0.05, 0) is 19.8 Å². The summed E-state index contributed by atoms with van der Waals surface area (Å²) in [5.74, 6) is 0.244. The molecule has 0 radical (unpaired) electrons. The van der Waals surface area contributed by atoms with Gasteiger partial charge in [-0.15, -0.1) is 0 Å². The lowest BCUT2D eigenvalue weighted by atomic mass is 10.2. The summed E-state index contributed by atoms with van der Waals surface area (Å²) < 4.78 is 5.40. The van der Waals surface area contributed by atoms with Crippen LogP contribution in [0.15, 0.2) is 0 Å². The second-order valence-electron chi connectivity index (χ2n) is 3.51. The van der Waals surface area contributed by atoms with Crippen LogP contribution in [0.5, 0.6) is 0 Å². The van der Waals surface area contributed by atoms with Crippen LogP contribution in [0.1, 0.15) is 39.5 Å². The van der Waals surface area contributed by atoms with Crippen molar-refractivity contribution in [1.82, 2.24) is 4.90 Å². The first-order valence-corrected chi connectivity index (χ1v) is 5.16. The number of carbonyl (C=O) groups excluding carboxylic acids is 1. The van der Waals surface area contributed by atoms with E-state index in [2.05, 4.69) is 6.92 Å². The van der Waals surface area contributed by atoms with E-state index in [1.165, 1.54) is 0 Å². The molecule has 3 heteroatoms. The van der Waals surface area contributed by atoms with Crippen LogP contribution in [0.4, 0.5) is 0 Å². The van der Waals surface area contributed by atoms with E-state index in [4.69, 9.17) is 4.74 Å². The molecule has 0 aromatic heterocycles. The molecule has 1 fully saturated rings. The zero-order chi connectivity index (χ0) is 9.68. The van der Waals surface area contributed by atoms with Gasteiger partial charge >= 0.3 is 0 Å². The Morgan fingerprint density at radius 2 is 2.38 bits per heavy atom. The highest BCUT2D eigenvalue weighted by molar-refractivity contribution is 5.76. The molecule has 1 saturated heterocycles. The maximum atomic E-state index is 11.6. The number of rotatable bonds is 3. The summed E-state index contributed by atoms with van der Waals surface area (Å²) in [6.45, 7) is 5.70. The molecule has 76 valence electrons. The topological polar surface area (TPSA) is 29.5 Å². The Balaban J connectivity index is 2.35. The Morgan fingerprint density at radius 1 is 1.62 bits per heavy atom. The summed E-state index contributed by atoms with van der Waals surface area (Å²) in [6, 6.07) is 0. The molecule has 1 rings (SSSR count). The molecule has 0 spiro atoms. The molecule has 0 aliphatic carbocycles. The van der Waals surface area contributed by atoms with Gasteiger partial charge < -0.3 is 9.64 Å². The molecule has 1 aliphatic heterocycles. The van der Waals surface area contributed by atoms with E-state index in [1.807, 2.05) is 11.8 Å². The van der Waals surface area contributed by atoms with Crippen LogP contribution in [-0.4, -0.2) is 30.2 Å². The largest absolute Gasteiger partial charge is 0.359 e. The van der Waals surface area contributed by atoms with Crippen molar-refractivity contribution in [1.29, 1.82) is 0 Å². The summed E-state index contributed by atoms with van der Waals surface area (Å²) in [5.41, 5.74) is 0. The van der Waals surface area contributed by atoms with Gasteiger partial charge in [0.15, 0.2) is 0 Å². The average Bonchev–Trinajstić information content (AvgIpc) is 2.15. The molecule has 1 aliphatic rings. The zero-order valence-electron chi connectivity index (χ0n) is 8.58. The normalized spacial score (nSPS) is 23.2. The highest BCUT2D eigenvalue weighted by atomic mass is 16.5. The molecule has 1 heterocycles. The SMILES string of the molecule is CCCCC(=O)N1CCCOC1C. The van der Waals surface area contributed by atoms with E-state index >= 15 is 0 Å². The van der Waals surface area contributed by atoms with Crippen LogP contribution in [0, 0.1) is 0 Å². The molecule has 1 atom stereocenters. The molecule has 0 aromatic rings. The molecule has 3 nitrogen and oxygen atoms in total. The maximum Gasteiger partial charge on any atom is 0.224 e. The van der Waals surface area contributed by atoms with Gasteiger partial charge in [0.25, 0.3) is 0 Å². The van der Waals surface area contributed by atoms with Crippen LogP contribution in [0.3, 0.4) is 0 Å². The van der Waals surface area contributed by atoms with E-state index < -0.39 is 0 Å². The number of amides is 1. The van der Waals surface area contributed by atoms with E-state index in [0.29, 0.717) is 6.42 Å². The van der Waals surface area contributed by atoms with Gasteiger partial charge in [-0.3, -0.25) is 4.79 Å². The van der Waals surface area contributed by atoms with E-state index in [-0.39, 0.29) is 12.1 Å². The monoisotopic (exact) mass is 185 g/mol. The molecule has 0 N–H and O–H groups in total. The molecule has 1 unspecified atom stereocenters. The summed E-state index contributed by atoms with van der Waals surface area (Å²) >= 11 is 0. The van der Waals surface area contributed by atoms with Crippen molar-refractivity contribution in [2.45, 2.75) is 45.8 Å². The molecule has 0 aromatic carbocycles. The minimum Gasteiger partial charge on any atom is -0.359 e. The molecule has 13 heavy (non-hydrogen) atoms. The lowest BCUT2D eigenvalue weighted by Crippen LogP contribution is -2.44. The highest BCUT2D eigenvalue weighted by Gasteiger charge is 2.22. The number of nitrogens with zero attached hydrogens (tertiary/aromatic N) is 1. The smallest absolute Gasteiger partial charge is 0.224 e. The second kappa shape index (κ2) is 5.22. The van der Waals surface area contributed by atoms with Gasteiger partial charge in [0.05, 0.1) is 6.61 Å². The van der Waals surface area contributed by atoms with Gasteiger partial charge in [-0.25, -0.2) is 0 Å². The predicted octanol–water partition coefficient (Wildman–Crippen LogP) is 1.77. The molecule has 0 bridgehead atoms. The number of unbranched alkanes of at least 4 members (excludes halogenated alkanes) is 1. The Hall–Kier alpha value is -0.570. The lowest BCUT2D eigenvalue weighted by Gasteiger charge is -2.33. The number of ether oxygens (including phenoxy) is 1. The maximum absolute atomic E-state index is 11.6. The summed E-state index contributed by atoms with van der Waals surface area (Å²) in [4.78, 5) is 13.5. The van der Waals surface area contributed by atoms with E-state index in [9.17, 15) is 4.79 Å². The quantitative estimate of drug-likeness (QED) is 0.670. The standard InChI is InChI=1S/C10H19NO2/c1-3-4-6-10(12)11-7-5-8-13-9(11)2/h9H,3-8H2,1-2H3. The summed E-state index contributed by atoms with van der Waals surface area (Å²) in [5, 5.41) is 0. The van der Waals surface area contributed by atoms with Crippen molar-refractivity contribution in [2.75, 3.05) is 13.2 Å². The third-order valence-electron chi connectivity index (χ3n) is 2.41. The molecular weight excluding hydrogens is 166 g/mol. The van der Waals surface area contributed by atoms with Crippen molar-refractivity contribution in [3.05, 3.63) is 0 Å². The first-order valence-electron chi connectivity index (χ1n) is 5.16. The van der Waals surface area contributed by atoms with Crippen LogP contribution in [0.25, 0.3) is 0 Å². The first kappa shape index (κ1) is 10.5. The van der Waals surface area contributed by atoms with Crippen LogP contribution in [-0.2, 0) is 9.53 Å². The molecule has 0 saturated carbocycles. The van der Waals surface area contributed by atoms with Crippen molar-refractivity contribution >= 4 is 5.91 Å². The van der Waals surface area contributed by atoms with Crippen LogP contribution in [0.2, 0.25) is 0 Å². The number of hydrogen-bond acceptors (Lipinski definition) is 2. The predicted molar refractivity (Wildman–Crippen MR) is 51.3 cm³/mol. The minimum atomic E-state index is -0.0156. The first-order chi connectivity index (χ1) is 6.25. The van der Waals surface area contributed by atoms with Gasteiger partial charge in [0.1, 0.15) is 6.23 Å². The Bertz CT molecular complexity index is 170. The molecule has 1 amide bonds. The van der Waals surface area contributed by atoms with E-state index in [0.717, 1.165) is 32.4 Å². The summed E-state index contributed by atoms with van der Waals surface area (Å²) in [7, 11) is 0. The highest BCUT2D eigenvalue weighted by Crippen LogP contribution is 2.12. The van der Waals surface area contributed by atoms with Gasteiger partial charge in [0.2, 0.25) is 5.91 Å². The fourth-order valence-corrected chi connectivity index (χ4v) is 1.56. The Labute approximate surface area is 80.1 Å². The Kier molecular flexibility index (Phi) is 4.22. The third kappa shape index (κ3) is 2.99. The van der Waals surface area contributed by atoms with Gasteiger partial charge in [-0.2, -0.15) is 0 Å². The van der Waals surface area contributed by atoms with Crippen molar-refractivity contribution in [3.63, 3.8) is 0 Å².